The van der Waals surface area contributed by atoms with Gasteiger partial charge in [0.1, 0.15) is 5.82 Å². The second kappa shape index (κ2) is 4.58. The molecule has 1 aromatic carbocycles. The van der Waals surface area contributed by atoms with Crippen molar-refractivity contribution in [2.45, 2.75) is 25.0 Å². The van der Waals surface area contributed by atoms with Crippen LogP contribution in [-0.4, -0.2) is 33.4 Å². The highest BCUT2D eigenvalue weighted by Gasteiger charge is 2.33. The highest BCUT2D eigenvalue weighted by molar-refractivity contribution is 5.71. The zero-order valence-electron chi connectivity index (χ0n) is 10.5. The van der Waals surface area contributed by atoms with Crippen LogP contribution in [0.3, 0.4) is 0 Å². The predicted molar refractivity (Wildman–Crippen MR) is 66.7 cm³/mol. The first-order chi connectivity index (χ1) is 9.19. The third kappa shape index (κ3) is 2.06. The Labute approximate surface area is 109 Å². The molecule has 7 heteroatoms. The van der Waals surface area contributed by atoms with Crippen molar-refractivity contribution in [1.82, 2.24) is 20.2 Å². The molecule has 1 fully saturated rings. The van der Waals surface area contributed by atoms with Gasteiger partial charge in [0, 0.05) is 18.4 Å². The van der Waals surface area contributed by atoms with E-state index in [0.29, 0.717) is 17.1 Å². The summed E-state index contributed by atoms with van der Waals surface area (Å²) in [6, 6.07) is 4.36. The third-order valence-electron chi connectivity index (χ3n) is 3.50. The number of halogens is 1. The molecule has 1 aliphatic carbocycles. The van der Waals surface area contributed by atoms with Crippen LogP contribution >= 0.6 is 0 Å². The molecule has 1 saturated carbocycles. The number of aromatic nitrogens is 4. The van der Waals surface area contributed by atoms with Gasteiger partial charge in [0.05, 0.1) is 12.1 Å². The lowest BCUT2D eigenvalue weighted by Gasteiger charge is -2.34. The van der Waals surface area contributed by atoms with Gasteiger partial charge >= 0.3 is 0 Å². The number of hydrogen-bond acceptors (Lipinski definition) is 5. The van der Waals surface area contributed by atoms with Crippen LogP contribution in [0.4, 0.5) is 10.1 Å². The molecule has 2 aromatic rings. The quantitative estimate of drug-likeness (QED) is 0.847. The van der Waals surface area contributed by atoms with Crippen LogP contribution in [0.1, 0.15) is 18.9 Å². The number of methoxy groups -OCH3 is 1. The smallest absolute Gasteiger partial charge is 0.184 e. The van der Waals surface area contributed by atoms with Gasteiger partial charge in [-0.05, 0) is 41.5 Å². The monoisotopic (exact) mass is 263 g/mol. The van der Waals surface area contributed by atoms with E-state index in [9.17, 15) is 4.39 Å². The van der Waals surface area contributed by atoms with Crippen molar-refractivity contribution in [3.05, 3.63) is 24.0 Å². The molecule has 1 aliphatic rings. The minimum absolute atomic E-state index is 0.178. The van der Waals surface area contributed by atoms with Gasteiger partial charge in [0.2, 0.25) is 0 Å². The Balaban J connectivity index is 1.94. The zero-order chi connectivity index (χ0) is 13.4. The fourth-order valence-corrected chi connectivity index (χ4v) is 2.27. The van der Waals surface area contributed by atoms with E-state index in [2.05, 4.69) is 15.5 Å². The van der Waals surface area contributed by atoms with Crippen molar-refractivity contribution in [3.63, 3.8) is 0 Å². The first kappa shape index (κ1) is 12.0. The second-order valence-electron chi connectivity index (χ2n) is 4.66. The highest BCUT2D eigenvalue weighted by Crippen LogP contribution is 2.36. The summed E-state index contributed by atoms with van der Waals surface area (Å²) in [6.45, 7) is 0. The maximum atomic E-state index is 13.3. The number of tetrazole rings is 1. The van der Waals surface area contributed by atoms with Crippen LogP contribution in [-0.2, 0) is 4.74 Å². The Morgan fingerprint density at radius 2 is 2.21 bits per heavy atom. The lowest BCUT2D eigenvalue weighted by atomic mass is 9.89. The Kier molecular flexibility index (Phi) is 2.90. The first-order valence-corrected chi connectivity index (χ1v) is 6.05. The number of rotatable bonds is 3. The van der Waals surface area contributed by atoms with E-state index in [4.69, 9.17) is 10.5 Å². The lowest BCUT2D eigenvalue weighted by Crippen LogP contribution is -2.33. The molecule has 0 radical (unpaired) electrons. The number of anilines is 1. The number of ether oxygens (including phenoxy) is 1. The highest BCUT2D eigenvalue weighted by atomic mass is 19.1. The van der Waals surface area contributed by atoms with Crippen molar-refractivity contribution in [2.24, 2.45) is 0 Å². The Bertz CT molecular complexity index is 594. The molecule has 0 saturated heterocycles. The molecule has 0 atom stereocenters. The van der Waals surface area contributed by atoms with Gasteiger partial charge < -0.3 is 10.5 Å². The van der Waals surface area contributed by atoms with Gasteiger partial charge in [-0.25, -0.2) is 9.07 Å². The Morgan fingerprint density at radius 1 is 1.42 bits per heavy atom. The maximum absolute atomic E-state index is 13.3. The van der Waals surface area contributed by atoms with Crippen LogP contribution in [0.5, 0.6) is 0 Å². The zero-order valence-corrected chi connectivity index (χ0v) is 10.5. The summed E-state index contributed by atoms with van der Waals surface area (Å²) in [4.78, 5) is 0. The average molecular weight is 263 g/mol. The molecule has 100 valence electrons. The van der Waals surface area contributed by atoms with Crippen LogP contribution in [0.2, 0.25) is 0 Å². The number of nitrogen functional groups attached to an aromatic ring is 1. The van der Waals surface area contributed by atoms with Gasteiger partial charge in [0.25, 0.3) is 0 Å². The number of nitrogens with zero attached hydrogens (tertiary/aromatic N) is 4. The van der Waals surface area contributed by atoms with Crippen LogP contribution in [0, 0.1) is 5.82 Å². The van der Waals surface area contributed by atoms with Crippen LogP contribution in [0.15, 0.2) is 18.2 Å². The minimum atomic E-state index is -0.359. The van der Waals surface area contributed by atoms with E-state index < -0.39 is 0 Å². The molecule has 0 amide bonds. The maximum Gasteiger partial charge on any atom is 0.184 e. The van der Waals surface area contributed by atoms with Crippen molar-refractivity contribution in [1.29, 1.82) is 0 Å². The summed E-state index contributed by atoms with van der Waals surface area (Å²) in [7, 11) is 1.69. The summed E-state index contributed by atoms with van der Waals surface area (Å²) < 4.78 is 20.3. The van der Waals surface area contributed by atoms with Gasteiger partial charge in [-0.2, -0.15) is 0 Å². The standard InChI is InChI=1S/C12H14FN5O/c1-19-9-5-8(6-9)18-12(15-16-17-18)10-4-7(13)2-3-11(10)14/h2-4,8-9H,5-6,14H2,1H3. The van der Waals surface area contributed by atoms with E-state index in [-0.39, 0.29) is 18.0 Å². The van der Waals surface area contributed by atoms with Gasteiger partial charge in [-0.3, -0.25) is 0 Å². The molecule has 1 heterocycles. The van der Waals surface area contributed by atoms with E-state index in [1.54, 1.807) is 11.8 Å². The molecule has 0 unspecified atom stereocenters. The van der Waals surface area contributed by atoms with E-state index in [0.717, 1.165) is 12.8 Å². The minimum Gasteiger partial charge on any atom is -0.398 e. The van der Waals surface area contributed by atoms with Gasteiger partial charge in [0.15, 0.2) is 5.82 Å². The molecular weight excluding hydrogens is 249 g/mol. The van der Waals surface area contributed by atoms with Crippen molar-refractivity contribution >= 4 is 5.69 Å². The number of benzene rings is 1. The normalized spacial score (nSPS) is 22.2. The molecule has 19 heavy (non-hydrogen) atoms. The van der Waals surface area contributed by atoms with Crippen LogP contribution < -0.4 is 5.73 Å². The topological polar surface area (TPSA) is 78.8 Å². The van der Waals surface area contributed by atoms with E-state index >= 15 is 0 Å². The molecule has 0 spiro atoms. The molecule has 1 aromatic heterocycles. The van der Waals surface area contributed by atoms with Crippen molar-refractivity contribution in [3.8, 4) is 11.4 Å². The van der Waals surface area contributed by atoms with Gasteiger partial charge in [-0.15, -0.1) is 5.10 Å². The largest absolute Gasteiger partial charge is 0.398 e. The lowest BCUT2D eigenvalue weighted by molar-refractivity contribution is 0.00248. The number of nitrogens with two attached hydrogens (primary N) is 1. The fraction of sp³-hybridized carbons (Fsp3) is 0.417. The Hall–Kier alpha value is -2.02. The molecule has 0 aliphatic heterocycles. The summed E-state index contributed by atoms with van der Waals surface area (Å²) in [5.41, 5.74) is 6.84. The van der Waals surface area contributed by atoms with Crippen molar-refractivity contribution < 1.29 is 9.13 Å². The molecule has 2 N–H and O–H groups in total. The molecule has 6 nitrogen and oxygen atoms in total. The van der Waals surface area contributed by atoms with Gasteiger partial charge in [-0.1, -0.05) is 0 Å². The molecule has 0 bridgehead atoms. The third-order valence-corrected chi connectivity index (χ3v) is 3.50. The van der Waals surface area contributed by atoms with Crippen molar-refractivity contribution in [2.75, 3.05) is 12.8 Å². The fourth-order valence-electron chi connectivity index (χ4n) is 2.27. The average Bonchev–Trinajstić information content (AvgIpc) is 2.80. The van der Waals surface area contributed by atoms with Crippen LogP contribution in [0.25, 0.3) is 11.4 Å². The molecule has 3 rings (SSSR count). The van der Waals surface area contributed by atoms with E-state index in [1.807, 2.05) is 0 Å². The predicted octanol–water partition coefficient (Wildman–Crippen LogP) is 1.41. The second-order valence-corrected chi connectivity index (χ2v) is 4.66. The first-order valence-electron chi connectivity index (χ1n) is 6.05. The summed E-state index contributed by atoms with van der Waals surface area (Å²) in [5, 5.41) is 11.6. The SMILES string of the molecule is COC1CC(n2nnnc2-c2cc(F)ccc2N)C1. The summed E-state index contributed by atoms with van der Waals surface area (Å²) in [6.07, 6.45) is 1.94. The summed E-state index contributed by atoms with van der Waals surface area (Å²) in [5.74, 6) is 0.138. The van der Waals surface area contributed by atoms with E-state index in [1.165, 1.54) is 18.2 Å². The Morgan fingerprint density at radius 3 is 2.95 bits per heavy atom. The molecular formula is C12H14FN5O. The number of hydrogen-bond donors (Lipinski definition) is 1. The summed E-state index contributed by atoms with van der Waals surface area (Å²) >= 11 is 0.